The number of ether oxygens (including phenoxy) is 1. The highest BCUT2D eigenvalue weighted by Crippen LogP contribution is 2.24. The van der Waals surface area contributed by atoms with E-state index in [1.54, 1.807) is 49.8 Å². The van der Waals surface area contributed by atoms with Gasteiger partial charge < -0.3 is 15.4 Å². The summed E-state index contributed by atoms with van der Waals surface area (Å²) in [4.78, 5) is 46.8. The van der Waals surface area contributed by atoms with Gasteiger partial charge in [-0.25, -0.2) is 9.97 Å². The molecule has 3 rings (SSSR count). The Morgan fingerprint density at radius 1 is 1.06 bits per heavy atom. The van der Waals surface area contributed by atoms with E-state index in [4.69, 9.17) is 10.5 Å². The van der Waals surface area contributed by atoms with Crippen molar-refractivity contribution in [3.63, 3.8) is 0 Å². The minimum absolute atomic E-state index is 0.0939. The van der Waals surface area contributed by atoms with Gasteiger partial charge in [0.25, 0.3) is 17.7 Å². The number of methoxy groups -OCH3 is 1. The Kier molecular flexibility index (Phi) is 6.46. The molecule has 0 atom stereocenters. The summed E-state index contributed by atoms with van der Waals surface area (Å²) in [6.45, 7) is 0. The topological polar surface area (TPSA) is 140 Å². The Labute approximate surface area is 182 Å². The number of hydrogen-bond acceptors (Lipinski definition) is 8. The molecule has 2 aromatic heterocycles. The van der Waals surface area contributed by atoms with Crippen molar-refractivity contribution in [1.82, 2.24) is 25.7 Å². The van der Waals surface area contributed by atoms with Crippen molar-refractivity contribution in [1.29, 1.82) is 0 Å². The molecule has 11 heteroatoms. The molecule has 1 aromatic carbocycles. The summed E-state index contributed by atoms with van der Waals surface area (Å²) < 4.78 is 5.09. The maximum absolute atomic E-state index is 12.5. The molecule has 0 spiro atoms. The van der Waals surface area contributed by atoms with Crippen molar-refractivity contribution in [2.45, 2.75) is 0 Å². The number of nitrogens with zero attached hydrogens (tertiary/aromatic N) is 3. The van der Waals surface area contributed by atoms with Crippen LogP contribution in [0, 0.1) is 0 Å². The van der Waals surface area contributed by atoms with Gasteiger partial charge in [-0.3, -0.25) is 25.2 Å². The molecule has 0 bridgehead atoms. The van der Waals surface area contributed by atoms with E-state index in [9.17, 15) is 14.4 Å². The van der Waals surface area contributed by atoms with Crippen molar-refractivity contribution >= 4 is 34.9 Å². The maximum Gasteiger partial charge on any atom is 0.292 e. The standard InChI is InChI=1S/C20H20N6O4S/c1-26(2)20(29)12-6-4-11(5-7-12)13-10-22-17(21)15(23-13)18(27)24-25-19(28)16-14(30-3)8-9-31-16/h4-10H,1-3H3,(H2,21,22)(H,24,27)(H,25,28). The van der Waals surface area contributed by atoms with E-state index in [2.05, 4.69) is 20.8 Å². The maximum atomic E-state index is 12.5. The number of nitrogen functional groups attached to an aromatic ring is 1. The molecule has 3 aromatic rings. The van der Waals surface area contributed by atoms with Gasteiger partial charge in [0.1, 0.15) is 10.6 Å². The number of amides is 3. The third kappa shape index (κ3) is 4.78. The van der Waals surface area contributed by atoms with E-state index in [-0.39, 0.29) is 17.4 Å². The average Bonchev–Trinajstić information content (AvgIpc) is 3.26. The zero-order chi connectivity index (χ0) is 22.5. The monoisotopic (exact) mass is 440 g/mol. The van der Waals surface area contributed by atoms with Crippen molar-refractivity contribution < 1.29 is 19.1 Å². The highest BCUT2D eigenvalue weighted by atomic mass is 32.1. The van der Waals surface area contributed by atoms with Crippen LogP contribution in [0.3, 0.4) is 0 Å². The number of nitrogens with two attached hydrogens (primary N) is 1. The molecule has 2 heterocycles. The molecular weight excluding hydrogens is 420 g/mol. The van der Waals surface area contributed by atoms with Crippen LogP contribution in [0.4, 0.5) is 5.82 Å². The third-order valence-electron chi connectivity index (χ3n) is 4.19. The van der Waals surface area contributed by atoms with Crippen LogP contribution in [0.15, 0.2) is 41.9 Å². The first-order valence-electron chi connectivity index (χ1n) is 8.98. The molecule has 10 nitrogen and oxygen atoms in total. The average molecular weight is 440 g/mol. The second kappa shape index (κ2) is 9.22. The molecule has 3 amide bonds. The molecule has 0 aliphatic carbocycles. The van der Waals surface area contributed by atoms with Gasteiger partial charge in [0.15, 0.2) is 11.5 Å². The first kappa shape index (κ1) is 21.7. The van der Waals surface area contributed by atoms with Crippen LogP contribution in [0.1, 0.15) is 30.5 Å². The third-order valence-corrected chi connectivity index (χ3v) is 5.09. The van der Waals surface area contributed by atoms with Gasteiger partial charge in [0.2, 0.25) is 0 Å². The van der Waals surface area contributed by atoms with E-state index in [0.717, 1.165) is 0 Å². The number of thiophene rings is 1. The fourth-order valence-electron chi connectivity index (χ4n) is 2.60. The van der Waals surface area contributed by atoms with Crippen molar-refractivity contribution in [2.75, 3.05) is 26.9 Å². The minimum atomic E-state index is -0.727. The van der Waals surface area contributed by atoms with Gasteiger partial charge in [-0.2, -0.15) is 0 Å². The molecule has 0 radical (unpaired) electrons. The highest BCUT2D eigenvalue weighted by molar-refractivity contribution is 7.12. The van der Waals surface area contributed by atoms with E-state index >= 15 is 0 Å². The Bertz CT molecular complexity index is 1130. The second-order valence-corrected chi connectivity index (χ2v) is 7.41. The molecule has 4 N–H and O–H groups in total. The van der Waals surface area contributed by atoms with Crippen LogP contribution in [0.2, 0.25) is 0 Å². The molecule has 0 fully saturated rings. The fraction of sp³-hybridized carbons (Fsp3) is 0.150. The first-order valence-corrected chi connectivity index (χ1v) is 9.86. The Hall–Kier alpha value is -3.99. The molecule has 0 unspecified atom stereocenters. The SMILES string of the molecule is COc1ccsc1C(=O)NNC(=O)c1nc(-c2ccc(C(=O)N(C)C)cc2)cnc1N. The number of nitrogens with one attached hydrogen (secondary N) is 2. The van der Waals surface area contributed by atoms with Crippen LogP contribution < -0.4 is 21.3 Å². The minimum Gasteiger partial charge on any atom is -0.495 e. The largest absolute Gasteiger partial charge is 0.495 e. The molecule has 0 aliphatic heterocycles. The van der Waals surface area contributed by atoms with Crippen LogP contribution >= 0.6 is 11.3 Å². The summed E-state index contributed by atoms with van der Waals surface area (Å²) in [7, 11) is 4.78. The van der Waals surface area contributed by atoms with Crippen LogP contribution in [-0.2, 0) is 0 Å². The zero-order valence-corrected chi connectivity index (χ0v) is 17.8. The number of rotatable bonds is 5. The van der Waals surface area contributed by atoms with Gasteiger partial charge in [0.05, 0.1) is 19.0 Å². The van der Waals surface area contributed by atoms with Crippen LogP contribution in [0.5, 0.6) is 5.75 Å². The van der Waals surface area contributed by atoms with Gasteiger partial charge in [-0.15, -0.1) is 11.3 Å². The Morgan fingerprint density at radius 3 is 2.39 bits per heavy atom. The lowest BCUT2D eigenvalue weighted by molar-refractivity contribution is 0.0827. The number of carbonyl (C=O) groups is 3. The van der Waals surface area contributed by atoms with Gasteiger partial charge >= 0.3 is 0 Å². The Morgan fingerprint density at radius 2 is 1.74 bits per heavy atom. The summed E-state index contributed by atoms with van der Waals surface area (Å²) in [5.41, 5.74) is 11.8. The molecule has 31 heavy (non-hydrogen) atoms. The van der Waals surface area contributed by atoms with Crippen molar-refractivity contribution in [3.8, 4) is 17.0 Å². The summed E-state index contributed by atoms with van der Waals surface area (Å²) in [6, 6.07) is 8.35. The zero-order valence-electron chi connectivity index (χ0n) is 17.0. The summed E-state index contributed by atoms with van der Waals surface area (Å²) in [5.74, 6) is -1.09. The van der Waals surface area contributed by atoms with Gasteiger partial charge in [0, 0.05) is 25.2 Å². The van der Waals surface area contributed by atoms with Gasteiger partial charge in [-0.05, 0) is 23.6 Å². The second-order valence-electron chi connectivity index (χ2n) is 6.49. The number of hydrogen-bond donors (Lipinski definition) is 3. The van der Waals surface area contributed by atoms with Crippen molar-refractivity contribution in [3.05, 3.63) is 58.0 Å². The molecule has 160 valence electrons. The molecule has 0 saturated heterocycles. The van der Waals surface area contributed by atoms with Crippen LogP contribution in [-0.4, -0.2) is 53.8 Å². The van der Waals surface area contributed by atoms with E-state index in [1.165, 1.54) is 29.5 Å². The smallest absolute Gasteiger partial charge is 0.292 e. The number of carbonyl (C=O) groups excluding carboxylic acids is 3. The predicted octanol–water partition coefficient (Wildman–Crippen LogP) is 1.57. The number of anilines is 1. The molecule has 0 saturated carbocycles. The first-order chi connectivity index (χ1) is 14.8. The number of aromatic nitrogens is 2. The lowest BCUT2D eigenvalue weighted by Gasteiger charge is -2.11. The van der Waals surface area contributed by atoms with Crippen molar-refractivity contribution in [2.24, 2.45) is 0 Å². The highest BCUT2D eigenvalue weighted by Gasteiger charge is 2.18. The van der Waals surface area contributed by atoms with E-state index in [0.29, 0.717) is 27.4 Å². The fourth-order valence-corrected chi connectivity index (χ4v) is 3.35. The summed E-state index contributed by atoms with van der Waals surface area (Å²) in [5, 5.41) is 1.69. The molecule has 0 aliphatic rings. The van der Waals surface area contributed by atoms with Crippen LogP contribution in [0.25, 0.3) is 11.3 Å². The molecular formula is C20H20N6O4S. The van der Waals surface area contributed by atoms with E-state index in [1.807, 2.05) is 0 Å². The lowest BCUT2D eigenvalue weighted by atomic mass is 10.1. The predicted molar refractivity (Wildman–Crippen MR) is 116 cm³/mol. The normalized spacial score (nSPS) is 10.3. The van der Waals surface area contributed by atoms with Gasteiger partial charge in [-0.1, -0.05) is 12.1 Å². The Balaban J connectivity index is 1.75. The summed E-state index contributed by atoms with van der Waals surface area (Å²) in [6.07, 6.45) is 1.42. The van der Waals surface area contributed by atoms with E-state index < -0.39 is 11.8 Å². The summed E-state index contributed by atoms with van der Waals surface area (Å²) >= 11 is 1.17. The number of hydrazine groups is 1. The lowest BCUT2D eigenvalue weighted by Crippen LogP contribution is -2.42. The number of benzene rings is 1. The quantitative estimate of drug-likeness (QED) is 0.512.